The fraction of sp³-hybridized carbons (Fsp3) is 0.562. The molecule has 0 spiro atoms. The second kappa shape index (κ2) is 8.59. The van der Waals surface area contributed by atoms with Crippen LogP contribution in [-0.4, -0.2) is 37.6 Å². The van der Waals surface area contributed by atoms with Crippen molar-refractivity contribution in [3.05, 3.63) is 29.8 Å². The van der Waals surface area contributed by atoms with Gasteiger partial charge in [-0.05, 0) is 50.0 Å². The zero-order valence-corrected chi connectivity index (χ0v) is 12.0. The number of carbonyl (C=O) groups excluding carboxylic acids is 1. The molecule has 1 aromatic rings. The average molecular weight is 276 g/mol. The van der Waals surface area contributed by atoms with Gasteiger partial charge in [-0.3, -0.25) is 9.69 Å². The molecule has 20 heavy (non-hydrogen) atoms. The Morgan fingerprint density at radius 1 is 1.25 bits per heavy atom. The molecule has 1 heterocycles. The number of benzene rings is 1. The molecule has 0 radical (unpaired) electrons. The van der Waals surface area contributed by atoms with Crippen molar-refractivity contribution in [2.75, 3.05) is 26.2 Å². The van der Waals surface area contributed by atoms with Gasteiger partial charge in [0.25, 0.3) is 0 Å². The van der Waals surface area contributed by atoms with Crippen LogP contribution in [0, 0.1) is 0 Å². The van der Waals surface area contributed by atoms with Crippen molar-refractivity contribution in [2.24, 2.45) is 0 Å². The van der Waals surface area contributed by atoms with E-state index in [1.165, 1.54) is 37.9 Å². The van der Waals surface area contributed by atoms with Crippen LogP contribution in [0.25, 0.3) is 0 Å². The first-order valence-electron chi connectivity index (χ1n) is 7.49. The van der Waals surface area contributed by atoms with Gasteiger partial charge in [-0.1, -0.05) is 18.6 Å². The summed E-state index contributed by atoms with van der Waals surface area (Å²) in [6.45, 7) is 4.74. The van der Waals surface area contributed by atoms with Crippen LogP contribution in [0.4, 0.5) is 0 Å². The maximum absolute atomic E-state index is 10.1. The molecular weight excluding hydrogens is 252 g/mol. The Kier molecular flexibility index (Phi) is 6.38. The minimum Gasteiger partial charge on any atom is -0.494 e. The third kappa shape index (κ3) is 5.21. The van der Waals surface area contributed by atoms with Gasteiger partial charge in [0.05, 0.1) is 6.61 Å². The van der Waals surface area contributed by atoms with Gasteiger partial charge in [-0.15, -0.1) is 0 Å². The number of rotatable bonds is 8. The standard InChI is InChI=1S/C16H24N2O2/c19-14-17-8-5-11-20-16-7-4-6-15(12-16)13-18-9-2-1-3-10-18/h4,6-7,12,14H,1-3,5,8-11,13H2,(H,17,19). The van der Waals surface area contributed by atoms with Crippen molar-refractivity contribution in [3.8, 4) is 5.75 Å². The van der Waals surface area contributed by atoms with E-state index >= 15 is 0 Å². The number of amides is 1. The van der Waals surface area contributed by atoms with Crippen LogP contribution >= 0.6 is 0 Å². The number of ether oxygens (including phenoxy) is 1. The topological polar surface area (TPSA) is 41.6 Å². The third-order valence-electron chi connectivity index (χ3n) is 3.57. The SMILES string of the molecule is O=CNCCCOc1cccc(CN2CCCCC2)c1. The normalized spacial score (nSPS) is 15.8. The second-order valence-electron chi connectivity index (χ2n) is 5.26. The summed E-state index contributed by atoms with van der Waals surface area (Å²) >= 11 is 0. The largest absolute Gasteiger partial charge is 0.494 e. The Balaban J connectivity index is 1.76. The molecule has 1 amide bonds. The maximum Gasteiger partial charge on any atom is 0.207 e. The lowest BCUT2D eigenvalue weighted by Crippen LogP contribution is -2.29. The number of hydrogen-bond acceptors (Lipinski definition) is 3. The average Bonchev–Trinajstić information content (AvgIpc) is 2.48. The molecule has 0 aromatic heterocycles. The van der Waals surface area contributed by atoms with Gasteiger partial charge in [0.1, 0.15) is 5.75 Å². The second-order valence-corrected chi connectivity index (χ2v) is 5.26. The summed E-state index contributed by atoms with van der Waals surface area (Å²) in [4.78, 5) is 12.6. The van der Waals surface area contributed by atoms with Crippen molar-refractivity contribution in [1.29, 1.82) is 0 Å². The van der Waals surface area contributed by atoms with Gasteiger partial charge in [0.2, 0.25) is 6.41 Å². The van der Waals surface area contributed by atoms with Gasteiger partial charge in [0, 0.05) is 13.1 Å². The van der Waals surface area contributed by atoms with Gasteiger partial charge in [-0.25, -0.2) is 0 Å². The lowest BCUT2D eigenvalue weighted by molar-refractivity contribution is -0.109. The third-order valence-corrected chi connectivity index (χ3v) is 3.57. The van der Waals surface area contributed by atoms with E-state index in [4.69, 9.17) is 4.74 Å². The Labute approximate surface area is 121 Å². The fourth-order valence-corrected chi connectivity index (χ4v) is 2.53. The van der Waals surface area contributed by atoms with Crippen molar-refractivity contribution >= 4 is 6.41 Å². The zero-order chi connectivity index (χ0) is 14.0. The van der Waals surface area contributed by atoms with E-state index in [9.17, 15) is 4.79 Å². The highest BCUT2D eigenvalue weighted by molar-refractivity contribution is 5.45. The monoisotopic (exact) mass is 276 g/mol. The van der Waals surface area contributed by atoms with Crippen molar-refractivity contribution in [2.45, 2.75) is 32.2 Å². The molecule has 0 unspecified atom stereocenters. The Morgan fingerprint density at radius 2 is 2.10 bits per heavy atom. The number of likely N-dealkylation sites (tertiary alicyclic amines) is 1. The summed E-state index contributed by atoms with van der Waals surface area (Å²) in [5.74, 6) is 0.922. The summed E-state index contributed by atoms with van der Waals surface area (Å²) in [5.41, 5.74) is 1.32. The summed E-state index contributed by atoms with van der Waals surface area (Å²) in [7, 11) is 0. The Bertz CT molecular complexity index is 403. The van der Waals surface area contributed by atoms with Gasteiger partial charge < -0.3 is 10.1 Å². The van der Waals surface area contributed by atoms with Crippen LogP contribution < -0.4 is 10.1 Å². The number of carbonyl (C=O) groups is 1. The minimum atomic E-state index is 0.633. The van der Waals surface area contributed by atoms with Gasteiger partial charge >= 0.3 is 0 Å². The molecule has 1 aliphatic heterocycles. The highest BCUT2D eigenvalue weighted by Crippen LogP contribution is 2.17. The maximum atomic E-state index is 10.1. The summed E-state index contributed by atoms with van der Waals surface area (Å²) in [6, 6.07) is 8.34. The molecule has 110 valence electrons. The number of nitrogens with zero attached hydrogens (tertiary/aromatic N) is 1. The van der Waals surface area contributed by atoms with E-state index in [1.54, 1.807) is 0 Å². The highest BCUT2D eigenvalue weighted by Gasteiger charge is 2.10. The molecule has 0 atom stereocenters. The lowest BCUT2D eigenvalue weighted by atomic mass is 10.1. The molecule has 2 rings (SSSR count). The lowest BCUT2D eigenvalue weighted by Gasteiger charge is -2.26. The van der Waals surface area contributed by atoms with Crippen LogP contribution in [0.3, 0.4) is 0 Å². The van der Waals surface area contributed by atoms with Crippen LogP contribution in [-0.2, 0) is 11.3 Å². The number of hydrogen-bond donors (Lipinski definition) is 1. The van der Waals surface area contributed by atoms with E-state index in [-0.39, 0.29) is 0 Å². The van der Waals surface area contributed by atoms with E-state index in [0.29, 0.717) is 13.2 Å². The van der Waals surface area contributed by atoms with Crippen LogP contribution in [0.15, 0.2) is 24.3 Å². The molecule has 1 saturated heterocycles. The highest BCUT2D eigenvalue weighted by atomic mass is 16.5. The van der Waals surface area contributed by atoms with E-state index in [0.717, 1.165) is 25.1 Å². The summed E-state index contributed by atoms with van der Waals surface area (Å²) < 4.78 is 5.71. The molecular formula is C16H24N2O2. The first-order valence-corrected chi connectivity index (χ1v) is 7.49. The first-order chi connectivity index (χ1) is 9.88. The molecule has 4 nitrogen and oxygen atoms in total. The Morgan fingerprint density at radius 3 is 2.90 bits per heavy atom. The summed E-state index contributed by atoms with van der Waals surface area (Å²) in [6.07, 6.45) is 5.56. The predicted octanol–water partition coefficient (Wildman–Crippen LogP) is 2.19. The molecule has 0 saturated carbocycles. The molecule has 1 aromatic carbocycles. The van der Waals surface area contributed by atoms with E-state index < -0.39 is 0 Å². The molecule has 1 fully saturated rings. The molecule has 1 aliphatic rings. The van der Waals surface area contributed by atoms with Crippen LogP contribution in [0.2, 0.25) is 0 Å². The van der Waals surface area contributed by atoms with E-state index in [1.807, 2.05) is 6.07 Å². The number of nitrogens with one attached hydrogen (secondary N) is 1. The molecule has 4 heteroatoms. The number of piperidine rings is 1. The zero-order valence-electron chi connectivity index (χ0n) is 12.0. The summed E-state index contributed by atoms with van der Waals surface area (Å²) in [5, 5.41) is 2.63. The van der Waals surface area contributed by atoms with Crippen molar-refractivity contribution < 1.29 is 9.53 Å². The minimum absolute atomic E-state index is 0.633. The molecule has 0 bridgehead atoms. The van der Waals surface area contributed by atoms with Gasteiger partial charge in [0.15, 0.2) is 0 Å². The smallest absolute Gasteiger partial charge is 0.207 e. The van der Waals surface area contributed by atoms with E-state index in [2.05, 4.69) is 28.4 Å². The van der Waals surface area contributed by atoms with Gasteiger partial charge in [-0.2, -0.15) is 0 Å². The van der Waals surface area contributed by atoms with Crippen LogP contribution in [0.1, 0.15) is 31.2 Å². The van der Waals surface area contributed by atoms with Crippen LogP contribution in [0.5, 0.6) is 5.75 Å². The predicted molar refractivity (Wildman–Crippen MR) is 79.7 cm³/mol. The molecule has 0 aliphatic carbocycles. The van der Waals surface area contributed by atoms with Crippen molar-refractivity contribution in [3.63, 3.8) is 0 Å². The van der Waals surface area contributed by atoms with Crippen molar-refractivity contribution in [1.82, 2.24) is 10.2 Å². The molecule has 1 N–H and O–H groups in total. The fourth-order valence-electron chi connectivity index (χ4n) is 2.53. The first kappa shape index (κ1) is 14.9. The quantitative estimate of drug-likeness (QED) is 0.584. The Hall–Kier alpha value is -1.55.